The largest absolute Gasteiger partial charge is 0.381 e. The van der Waals surface area contributed by atoms with E-state index in [1.165, 1.54) is 5.56 Å². The summed E-state index contributed by atoms with van der Waals surface area (Å²) in [6.07, 6.45) is 0.949. The molecule has 2 aliphatic heterocycles. The van der Waals surface area contributed by atoms with Crippen molar-refractivity contribution in [1.29, 1.82) is 0 Å². The van der Waals surface area contributed by atoms with E-state index in [0.717, 1.165) is 25.3 Å². The highest BCUT2D eigenvalue weighted by Crippen LogP contribution is 2.44. The minimum absolute atomic E-state index is 0.0526. The minimum atomic E-state index is 0.0526. The summed E-state index contributed by atoms with van der Waals surface area (Å²) in [5.41, 5.74) is 2.33. The molecule has 2 unspecified atom stereocenters. The maximum atomic E-state index is 12.5. The Bertz CT molecular complexity index is 521. The van der Waals surface area contributed by atoms with Crippen molar-refractivity contribution >= 4 is 11.7 Å². The highest BCUT2D eigenvalue weighted by Gasteiger charge is 2.55. The Labute approximate surface area is 112 Å². The first-order chi connectivity index (χ1) is 9.25. The van der Waals surface area contributed by atoms with Gasteiger partial charge in [-0.3, -0.25) is 4.90 Å². The molecule has 2 amide bonds. The minimum Gasteiger partial charge on any atom is -0.381 e. The molecule has 4 heteroatoms. The second-order valence-electron chi connectivity index (χ2n) is 5.89. The molecule has 4 atom stereocenters. The van der Waals surface area contributed by atoms with E-state index in [-0.39, 0.29) is 12.1 Å². The van der Waals surface area contributed by atoms with Gasteiger partial charge in [0.25, 0.3) is 0 Å². The van der Waals surface area contributed by atoms with E-state index in [4.69, 9.17) is 4.74 Å². The summed E-state index contributed by atoms with van der Waals surface area (Å²) in [5, 5.41) is 3.18. The van der Waals surface area contributed by atoms with Crippen molar-refractivity contribution in [2.45, 2.75) is 25.4 Å². The molecule has 2 fully saturated rings. The summed E-state index contributed by atoms with van der Waals surface area (Å²) in [6, 6.07) is 8.81. The molecule has 2 heterocycles. The van der Waals surface area contributed by atoms with Crippen molar-refractivity contribution in [1.82, 2.24) is 5.32 Å². The summed E-state index contributed by atoms with van der Waals surface area (Å²) in [7, 11) is 0. The van der Waals surface area contributed by atoms with E-state index in [9.17, 15) is 4.79 Å². The molecular formula is C15H18N2O2. The van der Waals surface area contributed by atoms with Gasteiger partial charge in [-0.25, -0.2) is 4.79 Å². The number of rotatable bonds is 1. The van der Waals surface area contributed by atoms with E-state index in [1.54, 1.807) is 0 Å². The lowest BCUT2D eigenvalue weighted by molar-refractivity contribution is 0.156. The van der Waals surface area contributed by atoms with Crippen molar-refractivity contribution in [3.63, 3.8) is 0 Å². The lowest BCUT2D eigenvalue weighted by atomic mass is 10.1. The van der Waals surface area contributed by atoms with Gasteiger partial charge in [0.05, 0.1) is 13.2 Å². The molecule has 19 heavy (non-hydrogen) atoms. The summed E-state index contributed by atoms with van der Waals surface area (Å²) in [4.78, 5) is 14.4. The molecule has 1 aromatic carbocycles. The van der Waals surface area contributed by atoms with E-state index >= 15 is 0 Å². The number of ether oxygens (including phenoxy) is 1. The zero-order valence-corrected chi connectivity index (χ0v) is 11.0. The summed E-state index contributed by atoms with van der Waals surface area (Å²) >= 11 is 0. The summed E-state index contributed by atoms with van der Waals surface area (Å²) in [6.45, 7) is 3.72. The van der Waals surface area contributed by atoms with Crippen LogP contribution in [0.5, 0.6) is 0 Å². The van der Waals surface area contributed by atoms with Gasteiger partial charge in [-0.1, -0.05) is 18.2 Å². The monoisotopic (exact) mass is 258 g/mol. The standard InChI is InChI=1S/C15H18N2O2/c1-9-6-10-4-2-3-5-13(10)17(9)15(18)16-14-11-7-19-8-12(11)14/h2-5,9,11-12,14H,6-8H2,1H3,(H,16,18)/t9?,11-,12+,14?. The van der Waals surface area contributed by atoms with Crippen LogP contribution in [-0.4, -0.2) is 31.3 Å². The molecule has 1 aliphatic carbocycles. The third kappa shape index (κ3) is 1.66. The zero-order chi connectivity index (χ0) is 13.0. The van der Waals surface area contributed by atoms with E-state index in [1.807, 2.05) is 23.1 Å². The van der Waals surface area contributed by atoms with Crippen molar-refractivity contribution < 1.29 is 9.53 Å². The van der Waals surface area contributed by atoms with Gasteiger partial charge in [-0.2, -0.15) is 0 Å². The molecule has 100 valence electrons. The quantitative estimate of drug-likeness (QED) is 0.834. The molecule has 4 rings (SSSR count). The lowest BCUT2D eigenvalue weighted by Crippen LogP contribution is -2.45. The number of fused-ring (bicyclic) bond motifs is 2. The van der Waals surface area contributed by atoms with Crippen molar-refractivity contribution in [3.05, 3.63) is 29.8 Å². The molecule has 4 nitrogen and oxygen atoms in total. The fourth-order valence-corrected chi connectivity index (χ4v) is 3.54. The first-order valence-corrected chi connectivity index (χ1v) is 7.01. The molecule has 0 aromatic heterocycles. The molecule has 1 N–H and O–H groups in total. The number of amides is 2. The Morgan fingerprint density at radius 2 is 2.05 bits per heavy atom. The van der Waals surface area contributed by atoms with Crippen LogP contribution in [0.4, 0.5) is 10.5 Å². The van der Waals surface area contributed by atoms with Gasteiger partial charge < -0.3 is 10.1 Å². The van der Waals surface area contributed by atoms with Crippen LogP contribution in [-0.2, 0) is 11.2 Å². The van der Waals surface area contributed by atoms with Gasteiger partial charge in [-0.05, 0) is 25.0 Å². The molecule has 1 saturated heterocycles. The number of carbonyl (C=O) groups excluding carboxylic acids is 1. The van der Waals surface area contributed by atoms with Crippen LogP contribution >= 0.6 is 0 Å². The fraction of sp³-hybridized carbons (Fsp3) is 0.533. The molecular weight excluding hydrogens is 240 g/mol. The number of benzene rings is 1. The highest BCUT2D eigenvalue weighted by molar-refractivity contribution is 5.95. The number of anilines is 1. The number of carbonyl (C=O) groups is 1. The van der Waals surface area contributed by atoms with Crippen molar-refractivity contribution in [2.75, 3.05) is 18.1 Å². The molecule has 0 spiro atoms. The lowest BCUT2D eigenvalue weighted by Gasteiger charge is -2.23. The maximum Gasteiger partial charge on any atom is 0.322 e. The van der Waals surface area contributed by atoms with Gasteiger partial charge in [0, 0.05) is 29.6 Å². The van der Waals surface area contributed by atoms with Crippen molar-refractivity contribution in [2.24, 2.45) is 11.8 Å². The average molecular weight is 258 g/mol. The van der Waals surface area contributed by atoms with Crippen LogP contribution in [0, 0.1) is 11.8 Å². The molecule has 1 saturated carbocycles. The van der Waals surface area contributed by atoms with Crippen LogP contribution < -0.4 is 10.2 Å². The Hall–Kier alpha value is -1.55. The number of hydrogen-bond donors (Lipinski definition) is 1. The Balaban J connectivity index is 1.51. The third-order valence-corrected chi connectivity index (χ3v) is 4.67. The average Bonchev–Trinajstić information content (AvgIpc) is 2.80. The summed E-state index contributed by atoms with van der Waals surface area (Å²) in [5.74, 6) is 1.11. The van der Waals surface area contributed by atoms with Gasteiger partial charge in [0.15, 0.2) is 0 Å². The fourth-order valence-electron chi connectivity index (χ4n) is 3.54. The predicted molar refractivity (Wildman–Crippen MR) is 72.2 cm³/mol. The van der Waals surface area contributed by atoms with Gasteiger partial charge in [0.1, 0.15) is 0 Å². The molecule has 0 bridgehead atoms. The van der Waals surface area contributed by atoms with Crippen LogP contribution in [0.3, 0.4) is 0 Å². The second-order valence-corrected chi connectivity index (χ2v) is 5.89. The van der Waals surface area contributed by atoms with E-state index in [2.05, 4.69) is 18.3 Å². The maximum absolute atomic E-state index is 12.5. The van der Waals surface area contributed by atoms with Crippen LogP contribution in [0.15, 0.2) is 24.3 Å². The summed E-state index contributed by atoms with van der Waals surface area (Å²) < 4.78 is 5.36. The number of nitrogens with one attached hydrogen (secondary N) is 1. The number of urea groups is 1. The SMILES string of the molecule is CC1Cc2ccccc2N1C(=O)NC1[C@H]2COC[C@@H]12. The Kier molecular flexibility index (Phi) is 2.36. The van der Waals surface area contributed by atoms with Crippen LogP contribution in [0.2, 0.25) is 0 Å². The molecule has 0 radical (unpaired) electrons. The van der Waals surface area contributed by atoms with E-state index < -0.39 is 0 Å². The van der Waals surface area contributed by atoms with Crippen LogP contribution in [0.1, 0.15) is 12.5 Å². The topological polar surface area (TPSA) is 41.6 Å². The normalized spacial score (nSPS) is 34.9. The predicted octanol–water partition coefficient (Wildman–Crippen LogP) is 1.79. The second kappa shape index (κ2) is 3.97. The van der Waals surface area contributed by atoms with Crippen molar-refractivity contribution in [3.8, 4) is 0 Å². The molecule has 3 aliphatic rings. The number of nitrogens with zero attached hydrogens (tertiary/aromatic N) is 1. The molecule has 1 aromatic rings. The van der Waals surface area contributed by atoms with Gasteiger partial charge in [0.2, 0.25) is 0 Å². The van der Waals surface area contributed by atoms with Gasteiger partial charge in [-0.15, -0.1) is 0 Å². The van der Waals surface area contributed by atoms with Crippen LogP contribution in [0.25, 0.3) is 0 Å². The number of para-hydroxylation sites is 1. The first kappa shape index (κ1) is 11.3. The Morgan fingerprint density at radius 1 is 1.32 bits per heavy atom. The zero-order valence-electron chi connectivity index (χ0n) is 11.0. The smallest absolute Gasteiger partial charge is 0.322 e. The third-order valence-electron chi connectivity index (χ3n) is 4.67. The Morgan fingerprint density at radius 3 is 2.84 bits per heavy atom. The van der Waals surface area contributed by atoms with Gasteiger partial charge >= 0.3 is 6.03 Å². The first-order valence-electron chi connectivity index (χ1n) is 7.01. The number of hydrogen-bond acceptors (Lipinski definition) is 2. The highest BCUT2D eigenvalue weighted by atomic mass is 16.5. The van der Waals surface area contributed by atoms with E-state index in [0.29, 0.717) is 17.9 Å².